The van der Waals surface area contributed by atoms with E-state index in [0.29, 0.717) is 12.3 Å². The largest absolute Gasteiger partial charge is 0.478 e. The molecule has 0 fully saturated rings. The van der Waals surface area contributed by atoms with Crippen molar-refractivity contribution in [1.29, 1.82) is 0 Å². The molecule has 3 N–H and O–H groups in total. The summed E-state index contributed by atoms with van der Waals surface area (Å²) in [6.45, 7) is 0.448. The van der Waals surface area contributed by atoms with Gasteiger partial charge in [-0.2, -0.15) is 0 Å². The molecule has 0 saturated carbocycles. The monoisotopic (exact) mass is 256 g/mol. The summed E-state index contributed by atoms with van der Waals surface area (Å²) in [7, 11) is 0. The van der Waals surface area contributed by atoms with E-state index >= 15 is 0 Å². The third-order valence-corrected chi connectivity index (χ3v) is 2.92. The number of nitrogens with one attached hydrogen (secondary N) is 2. The Morgan fingerprint density at radius 3 is 3.00 bits per heavy atom. The fourth-order valence-electron chi connectivity index (χ4n) is 1.94. The first-order valence-corrected chi connectivity index (χ1v) is 5.84. The van der Waals surface area contributed by atoms with Crippen LogP contribution in [0.15, 0.2) is 47.2 Å². The fraction of sp³-hybridized carbons (Fsp3) is 0.0714. The molecule has 5 heteroatoms. The quantitative estimate of drug-likeness (QED) is 0.670. The second kappa shape index (κ2) is 4.53. The number of carbonyl (C=O) groups is 1. The van der Waals surface area contributed by atoms with Crippen molar-refractivity contribution in [2.45, 2.75) is 6.54 Å². The molecule has 1 aromatic carbocycles. The van der Waals surface area contributed by atoms with Crippen molar-refractivity contribution < 1.29 is 14.3 Å². The first-order chi connectivity index (χ1) is 9.22. The molecule has 2 aromatic heterocycles. The fourth-order valence-corrected chi connectivity index (χ4v) is 1.94. The first kappa shape index (κ1) is 11.4. The van der Waals surface area contributed by atoms with Crippen molar-refractivity contribution in [2.75, 3.05) is 5.32 Å². The normalized spacial score (nSPS) is 10.7. The lowest BCUT2D eigenvalue weighted by molar-refractivity contribution is 0.0696. The van der Waals surface area contributed by atoms with Gasteiger partial charge in [0.2, 0.25) is 0 Å². The number of aromatic amines is 1. The molecule has 0 aliphatic carbocycles. The van der Waals surface area contributed by atoms with Gasteiger partial charge in [-0.1, -0.05) is 0 Å². The van der Waals surface area contributed by atoms with Crippen LogP contribution in [0.25, 0.3) is 10.9 Å². The molecular formula is C14H12N2O3. The molecule has 0 bridgehead atoms. The number of hydrogen-bond acceptors (Lipinski definition) is 3. The zero-order valence-electron chi connectivity index (χ0n) is 10.0. The van der Waals surface area contributed by atoms with E-state index in [0.717, 1.165) is 16.6 Å². The van der Waals surface area contributed by atoms with Gasteiger partial charge in [-0.3, -0.25) is 0 Å². The lowest BCUT2D eigenvalue weighted by Crippen LogP contribution is -1.98. The number of carboxylic acids is 1. The molecule has 0 aliphatic heterocycles. The third kappa shape index (κ3) is 2.30. The second-order valence-corrected chi connectivity index (χ2v) is 4.24. The van der Waals surface area contributed by atoms with Gasteiger partial charge in [-0.05, 0) is 30.3 Å². The summed E-state index contributed by atoms with van der Waals surface area (Å²) >= 11 is 0. The summed E-state index contributed by atoms with van der Waals surface area (Å²) in [5, 5.41) is 13.1. The van der Waals surface area contributed by atoms with Crippen LogP contribution in [0, 0.1) is 0 Å². The van der Waals surface area contributed by atoms with Crippen LogP contribution in [0.1, 0.15) is 16.1 Å². The van der Waals surface area contributed by atoms with E-state index in [2.05, 4.69) is 10.3 Å². The van der Waals surface area contributed by atoms with Crippen LogP contribution < -0.4 is 5.32 Å². The van der Waals surface area contributed by atoms with Crippen LogP contribution in [0.3, 0.4) is 0 Å². The Morgan fingerprint density at radius 2 is 2.21 bits per heavy atom. The molecule has 19 heavy (non-hydrogen) atoms. The molecule has 0 saturated heterocycles. The Kier molecular flexibility index (Phi) is 2.72. The van der Waals surface area contributed by atoms with E-state index in [9.17, 15) is 4.79 Å². The van der Waals surface area contributed by atoms with Crippen molar-refractivity contribution in [1.82, 2.24) is 4.98 Å². The van der Waals surface area contributed by atoms with Crippen molar-refractivity contribution in [3.63, 3.8) is 0 Å². The molecule has 0 aliphatic rings. The van der Waals surface area contributed by atoms with Gasteiger partial charge in [0.05, 0.1) is 12.1 Å². The number of aromatic nitrogens is 1. The van der Waals surface area contributed by atoms with Crippen LogP contribution in [0.2, 0.25) is 0 Å². The number of carboxylic acid groups (broad SMARTS) is 1. The molecule has 0 unspecified atom stereocenters. The topological polar surface area (TPSA) is 78.3 Å². The Morgan fingerprint density at radius 1 is 1.32 bits per heavy atom. The molecule has 96 valence electrons. The van der Waals surface area contributed by atoms with Crippen LogP contribution in [-0.2, 0) is 6.54 Å². The standard InChI is InChI=1S/C14H12N2O3/c17-14(18)10-6-12(19-8-10)7-16-11-1-2-13-9(5-11)3-4-15-13/h1-6,8,15-16H,7H2,(H,17,18). The molecule has 0 amide bonds. The number of benzene rings is 1. The van der Waals surface area contributed by atoms with E-state index in [4.69, 9.17) is 9.52 Å². The maximum atomic E-state index is 10.7. The summed E-state index contributed by atoms with van der Waals surface area (Å²) in [5.74, 6) is -0.393. The lowest BCUT2D eigenvalue weighted by Gasteiger charge is -2.04. The Bertz CT molecular complexity index is 727. The summed E-state index contributed by atoms with van der Waals surface area (Å²) in [4.78, 5) is 13.8. The molecule has 0 atom stereocenters. The van der Waals surface area contributed by atoms with Crippen molar-refractivity contribution in [3.8, 4) is 0 Å². The lowest BCUT2D eigenvalue weighted by atomic mass is 10.2. The maximum absolute atomic E-state index is 10.7. The van der Waals surface area contributed by atoms with E-state index < -0.39 is 5.97 Å². The van der Waals surface area contributed by atoms with Crippen molar-refractivity contribution in [3.05, 3.63) is 54.1 Å². The smallest absolute Gasteiger partial charge is 0.338 e. The van der Waals surface area contributed by atoms with E-state index in [1.807, 2.05) is 30.5 Å². The van der Waals surface area contributed by atoms with Gasteiger partial charge < -0.3 is 19.8 Å². The molecule has 2 heterocycles. The average molecular weight is 256 g/mol. The van der Waals surface area contributed by atoms with E-state index in [-0.39, 0.29) is 5.56 Å². The van der Waals surface area contributed by atoms with E-state index in [1.165, 1.54) is 12.3 Å². The minimum absolute atomic E-state index is 0.165. The van der Waals surface area contributed by atoms with E-state index in [1.54, 1.807) is 0 Å². The average Bonchev–Trinajstić information content (AvgIpc) is 3.04. The zero-order valence-corrected chi connectivity index (χ0v) is 10.0. The highest BCUT2D eigenvalue weighted by Gasteiger charge is 2.07. The Labute approximate surface area is 108 Å². The number of aromatic carboxylic acids is 1. The molecule has 0 radical (unpaired) electrons. The highest BCUT2D eigenvalue weighted by atomic mass is 16.4. The van der Waals surface area contributed by atoms with Crippen LogP contribution >= 0.6 is 0 Å². The predicted molar refractivity (Wildman–Crippen MR) is 71.3 cm³/mol. The highest BCUT2D eigenvalue weighted by molar-refractivity contribution is 5.87. The number of fused-ring (bicyclic) bond motifs is 1. The van der Waals surface area contributed by atoms with Crippen LogP contribution in [0.4, 0.5) is 5.69 Å². The summed E-state index contributed by atoms with van der Waals surface area (Å²) in [5.41, 5.74) is 2.20. The zero-order chi connectivity index (χ0) is 13.2. The van der Waals surface area contributed by atoms with Gasteiger partial charge in [0, 0.05) is 22.8 Å². The molecule has 3 rings (SSSR count). The minimum atomic E-state index is -0.983. The van der Waals surface area contributed by atoms with Gasteiger partial charge in [-0.15, -0.1) is 0 Å². The van der Waals surface area contributed by atoms with Crippen molar-refractivity contribution >= 4 is 22.6 Å². The molecular weight excluding hydrogens is 244 g/mol. The van der Waals surface area contributed by atoms with Gasteiger partial charge in [0.1, 0.15) is 12.0 Å². The molecule has 3 aromatic rings. The summed E-state index contributed by atoms with van der Waals surface area (Å²) < 4.78 is 5.17. The second-order valence-electron chi connectivity index (χ2n) is 4.24. The van der Waals surface area contributed by atoms with Crippen LogP contribution in [0.5, 0.6) is 0 Å². The number of hydrogen-bond donors (Lipinski definition) is 3. The first-order valence-electron chi connectivity index (χ1n) is 5.84. The number of H-pyrrole nitrogens is 1. The number of anilines is 1. The summed E-state index contributed by atoms with van der Waals surface area (Å²) in [6, 6.07) is 9.48. The summed E-state index contributed by atoms with van der Waals surface area (Å²) in [6.07, 6.45) is 3.13. The maximum Gasteiger partial charge on any atom is 0.338 e. The highest BCUT2D eigenvalue weighted by Crippen LogP contribution is 2.18. The number of rotatable bonds is 4. The third-order valence-electron chi connectivity index (χ3n) is 2.92. The van der Waals surface area contributed by atoms with Crippen molar-refractivity contribution in [2.24, 2.45) is 0 Å². The van der Waals surface area contributed by atoms with Gasteiger partial charge in [0.25, 0.3) is 0 Å². The van der Waals surface area contributed by atoms with Gasteiger partial charge in [0.15, 0.2) is 0 Å². The van der Waals surface area contributed by atoms with Crippen LogP contribution in [-0.4, -0.2) is 16.1 Å². The number of furan rings is 1. The predicted octanol–water partition coefficient (Wildman–Crippen LogP) is 3.07. The van der Waals surface area contributed by atoms with Gasteiger partial charge >= 0.3 is 5.97 Å². The SMILES string of the molecule is O=C(O)c1coc(CNc2ccc3[nH]ccc3c2)c1. The Hall–Kier alpha value is -2.69. The minimum Gasteiger partial charge on any atom is -0.478 e. The molecule has 5 nitrogen and oxygen atoms in total. The van der Waals surface area contributed by atoms with Gasteiger partial charge in [-0.25, -0.2) is 4.79 Å². The Balaban J connectivity index is 1.72. The molecule has 0 spiro atoms.